The number of hydrogen-bond acceptors (Lipinski definition) is 3. The minimum Gasteiger partial charge on any atom is -0.392 e. The molecule has 22 heavy (non-hydrogen) atoms. The van der Waals surface area contributed by atoms with Gasteiger partial charge in [-0.25, -0.2) is 0 Å². The van der Waals surface area contributed by atoms with Crippen molar-refractivity contribution in [3.05, 3.63) is 35.4 Å². The number of ether oxygens (including phenoxy) is 1. The molecule has 0 amide bonds. The largest absolute Gasteiger partial charge is 0.392 e. The van der Waals surface area contributed by atoms with Gasteiger partial charge in [0.2, 0.25) is 0 Å². The normalized spacial score (nSPS) is 22.0. The Labute approximate surface area is 134 Å². The molecule has 0 spiro atoms. The van der Waals surface area contributed by atoms with Gasteiger partial charge in [0.15, 0.2) is 0 Å². The maximum Gasteiger partial charge on any atom is 0.0681 e. The minimum atomic E-state index is 0.129. The standard InChI is InChI=1S/C19H29NO2/c21-15-17-8-6-16(7-9-17)14-20-12-10-19(11-13-20)22-18-4-2-1-3-5-18/h6-9,18-19,21H,1-5,10-15H2. The second-order valence-corrected chi connectivity index (χ2v) is 6.85. The lowest BCUT2D eigenvalue weighted by molar-refractivity contribution is -0.0565. The van der Waals surface area contributed by atoms with Crippen molar-refractivity contribution in [3.8, 4) is 0 Å². The zero-order chi connectivity index (χ0) is 15.2. The van der Waals surface area contributed by atoms with Crippen molar-refractivity contribution in [1.29, 1.82) is 0 Å². The fraction of sp³-hybridized carbons (Fsp3) is 0.684. The predicted octanol–water partition coefficient (Wildman–Crippen LogP) is 3.49. The molecule has 3 rings (SSSR count). The van der Waals surface area contributed by atoms with E-state index in [1.54, 1.807) is 0 Å². The van der Waals surface area contributed by atoms with E-state index in [0.29, 0.717) is 12.2 Å². The molecule has 2 fully saturated rings. The fourth-order valence-corrected chi connectivity index (χ4v) is 3.69. The Balaban J connectivity index is 1.41. The SMILES string of the molecule is OCc1ccc(CN2CCC(OC3CCCCC3)CC2)cc1. The number of aliphatic hydroxyl groups is 1. The molecule has 0 atom stereocenters. The van der Waals surface area contributed by atoms with Crippen LogP contribution in [0.3, 0.4) is 0 Å². The van der Waals surface area contributed by atoms with Crippen molar-refractivity contribution >= 4 is 0 Å². The lowest BCUT2D eigenvalue weighted by Crippen LogP contribution is -2.38. The van der Waals surface area contributed by atoms with Gasteiger partial charge in [0, 0.05) is 19.6 Å². The Morgan fingerprint density at radius 3 is 2.09 bits per heavy atom. The lowest BCUT2D eigenvalue weighted by Gasteiger charge is -2.35. The molecule has 0 bridgehead atoms. The molecular formula is C19H29NO2. The van der Waals surface area contributed by atoms with Gasteiger partial charge in [0.1, 0.15) is 0 Å². The highest BCUT2D eigenvalue weighted by molar-refractivity contribution is 5.21. The van der Waals surface area contributed by atoms with E-state index in [9.17, 15) is 0 Å². The average molecular weight is 303 g/mol. The quantitative estimate of drug-likeness (QED) is 0.904. The number of nitrogens with zero attached hydrogens (tertiary/aromatic N) is 1. The number of piperidine rings is 1. The van der Waals surface area contributed by atoms with Gasteiger partial charge in [0.05, 0.1) is 18.8 Å². The van der Waals surface area contributed by atoms with E-state index in [4.69, 9.17) is 9.84 Å². The molecule has 3 nitrogen and oxygen atoms in total. The molecule has 1 saturated heterocycles. The smallest absolute Gasteiger partial charge is 0.0681 e. The highest BCUT2D eigenvalue weighted by Crippen LogP contribution is 2.25. The summed E-state index contributed by atoms with van der Waals surface area (Å²) < 4.78 is 6.31. The Hall–Kier alpha value is -0.900. The monoisotopic (exact) mass is 303 g/mol. The third kappa shape index (κ3) is 4.55. The molecule has 1 saturated carbocycles. The summed E-state index contributed by atoms with van der Waals surface area (Å²) in [6, 6.07) is 8.31. The Morgan fingerprint density at radius 1 is 0.864 bits per heavy atom. The van der Waals surface area contributed by atoms with Crippen molar-refractivity contribution < 1.29 is 9.84 Å². The van der Waals surface area contributed by atoms with Crippen LogP contribution < -0.4 is 0 Å². The van der Waals surface area contributed by atoms with E-state index < -0.39 is 0 Å². The van der Waals surface area contributed by atoms with Crippen LogP contribution in [0.15, 0.2) is 24.3 Å². The van der Waals surface area contributed by atoms with Crippen LogP contribution in [-0.4, -0.2) is 35.3 Å². The fourth-order valence-electron chi connectivity index (χ4n) is 3.69. The van der Waals surface area contributed by atoms with E-state index in [1.807, 2.05) is 12.1 Å². The molecule has 1 aliphatic heterocycles. The predicted molar refractivity (Wildman–Crippen MR) is 88.6 cm³/mol. The molecule has 1 aliphatic carbocycles. The summed E-state index contributed by atoms with van der Waals surface area (Å²) >= 11 is 0. The lowest BCUT2D eigenvalue weighted by atomic mass is 9.97. The highest BCUT2D eigenvalue weighted by atomic mass is 16.5. The van der Waals surface area contributed by atoms with E-state index in [-0.39, 0.29) is 6.61 Å². The molecule has 0 radical (unpaired) electrons. The topological polar surface area (TPSA) is 32.7 Å². The third-order valence-corrected chi connectivity index (χ3v) is 5.08. The molecule has 2 aliphatic rings. The number of likely N-dealkylation sites (tertiary alicyclic amines) is 1. The Morgan fingerprint density at radius 2 is 1.45 bits per heavy atom. The van der Waals surface area contributed by atoms with Crippen molar-refractivity contribution in [2.24, 2.45) is 0 Å². The van der Waals surface area contributed by atoms with Crippen molar-refractivity contribution in [2.45, 2.75) is 70.3 Å². The Bertz CT molecular complexity index is 431. The van der Waals surface area contributed by atoms with Crippen LogP contribution in [0.25, 0.3) is 0 Å². The molecule has 1 aromatic rings. The number of benzene rings is 1. The van der Waals surface area contributed by atoms with E-state index in [2.05, 4.69) is 17.0 Å². The first-order valence-electron chi connectivity index (χ1n) is 8.90. The van der Waals surface area contributed by atoms with Gasteiger partial charge in [0.25, 0.3) is 0 Å². The number of hydrogen-bond donors (Lipinski definition) is 1. The van der Waals surface area contributed by atoms with Gasteiger partial charge in [-0.05, 0) is 36.8 Å². The zero-order valence-corrected chi connectivity index (χ0v) is 13.5. The molecule has 122 valence electrons. The van der Waals surface area contributed by atoms with Gasteiger partial charge >= 0.3 is 0 Å². The molecular weight excluding hydrogens is 274 g/mol. The van der Waals surface area contributed by atoms with Gasteiger partial charge in [-0.1, -0.05) is 43.5 Å². The molecule has 0 unspecified atom stereocenters. The molecule has 1 aromatic carbocycles. The first-order chi connectivity index (χ1) is 10.8. The summed E-state index contributed by atoms with van der Waals surface area (Å²) in [5.41, 5.74) is 2.33. The van der Waals surface area contributed by atoms with Crippen LogP contribution in [0.1, 0.15) is 56.1 Å². The summed E-state index contributed by atoms with van der Waals surface area (Å²) in [5, 5.41) is 9.09. The molecule has 3 heteroatoms. The summed E-state index contributed by atoms with van der Waals surface area (Å²) in [4.78, 5) is 2.52. The van der Waals surface area contributed by atoms with Gasteiger partial charge in [-0.3, -0.25) is 4.90 Å². The van der Waals surface area contributed by atoms with E-state index in [1.165, 1.54) is 50.5 Å². The summed E-state index contributed by atoms with van der Waals surface area (Å²) in [6.45, 7) is 3.42. The maximum absolute atomic E-state index is 9.09. The number of aliphatic hydroxyl groups excluding tert-OH is 1. The first-order valence-corrected chi connectivity index (χ1v) is 8.90. The van der Waals surface area contributed by atoms with E-state index in [0.717, 1.165) is 25.2 Å². The minimum absolute atomic E-state index is 0.129. The highest BCUT2D eigenvalue weighted by Gasteiger charge is 2.23. The summed E-state index contributed by atoms with van der Waals surface area (Å²) in [6.07, 6.45) is 10.0. The maximum atomic E-state index is 9.09. The molecule has 1 N–H and O–H groups in total. The second-order valence-electron chi connectivity index (χ2n) is 6.85. The van der Waals surface area contributed by atoms with Crippen molar-refractivity contribution in [2.75, 3.05) is 13.1 Å². The summed E-state index contributed by atoms with van der Waals surface area (Å²) in [7, 11) is 0. The van der Waals surface area contributed by atoms with Crippen LogP contribution in [0.5, 0.6) is 0 Å². The molecule has 0 aromatic heterocycles. The van der Waals surface area contributed by atoms with Crippen LogP contribution in [0.4, 0.5) is 0 Å². The van der Waals surface area contributed by atoms with Gasteiger partial charge < -0.3 is 9.84 Å². The van der Waals surface area contributed by atoms with Gasteiger partial charge in [-0.15, -0.1) is 0 Å². The molecule has 1 heterocycles. The summed E-state index contributed by atoms with van der Waals surface area (Å²) in [5.74, 6) is 0. The van der Waals surface area contributed by atoms with Crippen LogP contribution in [0.2, 0.25) is 0 Å². The van der Waals surface area contributed by atoms with E-state index >= 15 is 0 Å². The van der Waals surface area contributed by atoms with Crippen LogP contribution >= 0.6 is 0 Å². The first kappa shape index (κ1) is 16.0. The van der Waals surface area contributed by atoms with Crippen molar-refractivity contribution in [3.63, 3.8) is 0 Å². The number of rotatable bonds is 5. The third-order valence-electron chi connectivity index (χ3n) is 5.08. The second kappa shape index (κ2) is 8.09. The van der Waals surface area contributed by atoms with Crippen LogP contribution in [0, 0.1) is 0 Å². The average Bonchev–Trinajstić information content (AvgIpc) is 2.58. The van der Waals surface area contributed by atoms with Crippen molar-refractivity contribution in [1.82, 2.24) is 4.90 Å². The van der Waals surface area contributed by atoms with Gasteiger partial charge in [-0.2, -0.15) is 0 Å². The van der Waals surface area contributed by atoms with Crippen LogP contribution in [-0.2, 0) is 17.9 Å². The Kier molecular flexibility index (Phi) is 5.88. The zero-order valence-electron chi connectivity index (χ0n) is 13.5.